The zero-order chi connectivity index (χ0) is 12.7. The van der Waals surface area contributed by atoms with Gasteiger partial charge in [0.25, 0.3) is 0 Å². The second-order valence-corrected chi connectivity index (χ2v) is 4.33. The van der Waals surface area contributed by atoms with E-state index >= 15 is 0 Å². The standard InChI is InChI=1S/C10H14N6S/c1-5-8(9(11)17)10(15(4)13-5)16-7(3)12-6(2)14-16/h1-4H3,(H2,11,17). The van der Waals surface area contributed by atoms with E-state index < -0.39 is 0 Å². The quantitative estimate of drug-likeness (QED) is 0.788. The minimum atomic E-state index is 0.318. The number of hydrogen-bond donors (Lipinski definition) is 1. The molecule has 17 heavy (non-hydrogen) atoms. The molecule has 0 fully saturated rings. The topological polar surface area (TPSA) is 74.6 Å². The highest BCUT2D eigenvalue weighted by atomic mass is 32.1. The summed E-state index contributed by atoms with van der Waals surface area (Å²) in [5.74, 6) is 2.24. The number of nitrogens with two attached hydrogens (primary N) is 1. The smallest absolute Gasteiger partial charge is 0.164 e. The maximum absolute atomic E-state index is 5.74. The molecule has 0 amide bonds. The Labute approximate surface area is 104 Å². The zero-order valence-electron chi connectivity index (χ0n) is 10.2. The second kappa shape index (κ2) is 3.92. The molecule has 0 aliphatic carbocycles. The van der Waals surface area contributed by atoms with Crippen LogP contribution in [-0.4, -0.2) is 29.5 Å². The van der Waals surface area contributed by atoms with Crippen LogP contribution in [0.15, 0.2) is 0 Å². The van der Waals surface area contributed by atoms with Crippen LogP contribution in [-0.2, 0) is 7.05 Å². The summed E-state index contributed by atoms with van der Waals surface area (Å²) in [5, 5.41) is 8.65. The molecule has 6 nitrogen and oxygen atoms in total. The molecule has 2 N–H and O–H groups in total. The summed E-state index contributed by atoms with van der Waals surface area (Å²) in [6.07, 6.45) is 0. The van der Waals surface area contributed by atoms with Crippen LogP contribution < -0.4 is 5.73 Å². The molecule has 7 heteroatoms. The molecule has 0 saturated heterocycles. The Kier molecular flexibility index (Phi) is 2.70. The Bertz CT molecular complexity index is 594. The largest absolute Gasteiger partial charge is 0.389 e. The van der Waals surface area contributed by atoms with Crippen LogP contribution in [0, 0.1) is 20.8 Å². The monoisotopic (exact) mass is 250 g/mol. The van der Waals surface area contributed by atoms with Gasteiger partial charge >= 0.3 is 0 Å². The fraction of sp³-hybridized carbons (Fsp3) is 0.400. The summed E-state index contributed by atoms with van der Waals surface area (Å²) in [6, 6.07) is 0. The number of rotatable bonds is 2. The molecule has 0 unspecified atom stereocenters. The fourth-order valence-corrected chi connectivity index (χ4v) is 2.14. The van der Waals surface area contributed by atoms with E-state index in [2.05, 4.69) is 15.2 Å². The van der Waals surface area contributed by atoms with Crippen LogP contribution in [0.4, 0.5) is 0 Å². The van der Waals surface area contributed by atoms with E-state index in [4.69, 9.17) is 18.0 Å². The van der Waals surface area contributed by atoms with Gasteiger partial charge in [-0.15, -0.1) is 5.10 Å². The zero-order valence-corrected chi connectivity index (χ0v) is 11.0. The van der Waals surface area contributed by atoms with Gasteiger partial charge in [0.2, 0.25) is 0 Å². The van der Waals surface area contributed by atoms with E-state index in [0.717, 1.165) is 22.9 Å². The Hall–Kier alpha value is -1.76. The van der Waals surface area contributed by atoms with Gasteiger partial charge in [-0.05, 0) is 20.8 Å². The van der Waals surface area contributed by atoms with Crippen molar-refractivity contribution in [3.8, 4) is 5.82 Å². The van der Waals surface area contributed by atoms with E-state index in [-0.39, 0.29) is 0 Å². The first-order valence-corrected chi connectivity index (χ1v) is 5.56. The van der Waals surface area contributed by atoms with Gasteiger partial charge in [0.1, 0.15) is 16.6 Å². The van der Waals surface area contributed by atoms with Crippen molar-refractivity contribution in [2.24, 2.45) is 12.8 Å². The van der Waals surface area contributed by atoms with Gasteiger partial charge < -0.3 is 5.73 Å². The average Bonchev–Trinajstić information content (AvgIpc) is 2.66. The number of aromatic nitrogens is 5. The fourth-order valence-electron chi connectivity index (χ4n) is 1.90. The summed E-state index contributed by atoms with van der Waals surface area (Å²) < 4.78 is 3.43. The van der Waals surface area contributed by atoms with E-state index in [9.17, 15) is 0 Å². The molecule has 0 aliphatic heterocycles. The summed E-state index contributed by atoms with van der Waals surface area (Å²) >= 11 is 5.06. The molecule has 2 heterocycles. The van der Waals surface area contributed by atoms with Crippen LogP contribution >= 0.6 is 12.2 Å². The molecule has 90 valence electrons. The normalized spacial score (nSPS) is 10.8. The lowest BCUT2D eigenvalue weighted by Gasteiger charge is -2.06. The van der Waals surface area contributed by atoms with Crippen molar-refractivity contribution in [3.05, 3.63) is 22.9 Å². The molecule has 0 bridgehead atoms. The highest BCUT2D eigenvalue weighted by Gasteiger charge is 2.19. The second-order valence-electron chi connectivity index (χ2n) is 3.89. The summed E-state index contributed by atoms with van der Waals surface area (Å²) in [7, 11) is 1.83. The molecular weight excluding hydrogens is 236 g/mol. The first kappa shape index (κ1) is 11.7. The first-order chi connectivity index (χ1) is 7.91. The van der Waals surface area contributed by atoms with Crippen LogP contribution in [0.2, 0.25) is 0 Å². The lowest BCUT2D eigenvalue weighted by Crippen LogP contribution is -2.16. The molecule has 2 rings (SSSR count). The maximum atomic E-state index is 5.74. The molecule has 0 saturated carbocycles. The number of thiocarbonyl (C=S) groups is 1. The van der Waals surface area contributed by atoms with Crippen molar-refractivity contribution in [1.82, 2.24) is 24.5 Å². The maximum Gasteiger partial charge on any atom is 0.164 e. The van der Waals surface area contributed by atoms with Crippen molar-refractivity contribution in [1.29, 1.82) is 0 Å². The van der Waals surface area contributed by atoms with Gasteiger partial charge in [-0.2, -0.15) is 9.78 Å². The third-order valence-electron chi connectivity index (χ3n) is 2.51. The average molecular weight is 250 g/mol. The predicted octanol–water partition coefficient (Wildman–Crippen LogP) is 0.560. The van der Waals surface area contributed by atoms with E-state index in [1.54, 1.807) is 9.36 Å². The van der Waals surface area contributed by atoms with Crippen molar-refractivity contribution in [2.75, 3.05) is 0 Å². The third kappa shape index (κ3) is 1.82. The predicted molar refractivity (Wildman–Crippen MR) is 68.2 cm³/mol. The Balaban J connectivity index is 2.75. The van der Waals surface area contributed by atoms with Crippen molar-refractivity contribution < 1.29 is 0 Å². The number of nitrogens with zero attached hydrogens (tertiary/aromatic N) is 5. The van der Waals surface area contributed by atoms with Gasteiger partial charge in [0.15, 0.2) is 5.82 Å². The molecule has 0 radical (unpaired) electrons. The van der Waals surface area contributed by atoms with E-state index in [0.29, 0.717) is 10.8 Å². The Morgan fingerprint density at radius 2 is 1.88 bits per heavy atom. The van der Waals surface area contributed by atoms with E-state index in [1.807, 2.05) is 27.8 Å². The number of aryl methyl sites for hydroxylation is 4. The van der Waals surface area contributed by atoms with Crippen LogP contribution in [0.25, 0.3) is 5.82 Å². The van der Waals surface area contributed by atoms with Gasteiger partial charge in [0, 0.05) is 7.05 Å². The van der Waals surface area contributed by atoms with Crippen LogP contribution in [0.5, 0.6) is 0 Å². The SMILES string of the molecule is Cc1nc(C)n(-c2c(C(N)=S)c(C)nn2C)n1. The number of hydrogen-bond acceptors (Lipinski definition) is 4. The highest BCUT2D eigenvalue weighted by Crippen LogP contribution is 2.18. The van der Waals surface area contributed by atoms with Gasteiger partial charge in [-0.25, -0.2) is 9.67 Å². The molecule has 2 aromatic heterocycles. The molecule has 0 aromatic carbocycles. The minimum absolute atomic E-state index is 0.318. The third-order valence-corrected chi connectivity index (χ3v) is 2.72. The molecular formula is C10H14N6S. The summed E-state index contributed by atoms with van der Waals surface area (Å²) in [5.41, 5.74) is 7.28. The molecule has 0 atom stereocenters. The highest BCUT2D eigenvalue weighted by molar-refractivity contribution is 7.80. The van der Waals surface area contributed by atoms with Crippen molar-refractivity contribution >= 4 is 17.2 Å². The molecule has 0 spiro atoms. The minimum Gasteiger partial charge on any atom is -0.389 e. The summed E-state index contributed by atoms with van der Waals surface area (Å²) in [6.45, 7) is 5.59. The lowest BCUT2D eigenvalue weighted by molar-refractivity contribution is 0.681. The van der Waals surface area contributed by atoms with Crippen molar-refractivity contribution in [2.45, 2.75) is 20.8 Å². The molecule has 0 aliphatic rings. The van der Waals surface area contributed by atoms with Crippen LogP contribution in [0.3, 0.4) is 0 Å². The van der Waals surface area contributed by atoms with Gasteiger partial charge in [-0.3, -0.25) is 0 Å². The molecule has 2 aromatic rings. The lowest BCUT2D eigenvalue weighted by atomic mass is 10.2. The van der Waals surface area contributed by atoms with Gasteiger partial charge in [0.05, 0.1) is 11.3 Å². The Morgan fingerprint density at radius 3 is 2.35 bits per heavy atom. The summed E-state index contributed by atoms with van der Waals surface area (Å²) in [4.78, 5) is 4.58. The first-order valence-electron chi connectivity index (χ1n) is 5.16. The van der Waals surface area contributed by atoms with Gasteiger partial charge in [-0.1, -0.05) is 12.2 Å². The van der Waals surface area contributed by atoms with E-state index in [1.165, 1.54) is 0 Å². The Morgan fingerprint density at radius 1 is 1.24 bits per heavy atom. The van der Waals surface area contributed by atoms with Crippen LogP contribution in [0.1, 0.15) is 22.9 Å². The van der Waals surface area contributed by atoms with Crippen molar-refractivity contribution in [3.63, 3.8) is 0 Å².